The molecule has 3 aromatic rings. The van der Waals surface area contributed by atoms with Gasteiger partial charge in [-0.15, -0.1) is 11.3 Å². The maximum atomic E-state index is 11.5. The van der Waals surface area contributed by atoms with Crippen LogP contribution in [0.5, 0.6) is 0 Å². The number of carboxylic acid groups (broad SMARTS) is 1. The molecule has 26 heavy (non-hydrogen) atoms. The molecule has 0 fully saturated rings. The second-order valence-electron chi connectivity index (χ2n) is 5.57. The Morgan fingerprint density at radius 3 is 2.46 bits per heavy atom. The maximum Gasteiger partial charge on any atom is 0.339 e. The lowest BCUT2D eigenvalue weighted by atomic mass is 10.00. The fourth-order valence-corrected chi connectivity index (χ4v) is 3.61. The quantitative estimate of drug-likeness (QED) is 0.347. The molecule has 0 saturated carbocycles. The molecule has 0 bridgehead atoms. The third-order valence-corrected chi connectivity index (χ3v) is 4.87. The Morgan fingerprint density at radius 2 is 1.69 bits per heavy atom. The van der Waals surface area contributed by atoms with Gasteiger partial charge in [-0.25, -0.2) is 4.79 Å². The van der Waals surface area contributed by atoms with Crippen molar-refractivity contribution in [3.63, 3.8) is 0 Å². The summed E-state index contributed by atoms with van der Waals surface area (Å²) in [7, 11) is 1.44. The van der Waals surface area contributed by atoms with E-state index in [-0.39, 0.29) is 5.57 Å². The lowest BCUT2D eigenvalue weighted by Gasteiger charge is -2.06. The highest BCUT2D eigenvalue weighted by molar-refractivity contribution is 7.17. The summed E-state index contributed by atoms with van der Waals surface area (Å²) in [5, 5.41) is 12.8. The van der Waals surface area contributed by atoms with Gasteiger partial charge in [0.1, 0.15) is 5.57 Å². The third kappa shape index (κ3) is 3.92. The first-order valence-corrected chi connectivity index (χ1v) is 8.95. The van der Waals surface area contributed by atoms with E-state index in [4.69, 9.17) is 4.74 Å². The number of aliphatic carboxylic acids is 1. The molecule has 0 amide bonds. The Bertz CT molecular complexity index is 1010. The Labute approximate surface area is 156 Å². The summed E-state index contributed by atoms with van der Waals surface area (Å²) in [4.78, 5) is 11.5. The first-order chi connectivity index (χ1) is 12.7. The zero-order valence-corrected chi connectivity index (χ0v) is 15.1. The lowest BCUT2D eigenvalue weighted by molar-refractivity contribution is -0.130. The van der Waals surface area contributed by atoms with Crippen molar-refractivity contribution in [1.29, 1.82) is 0 Å². The van der Waals surface area contributed by atoms with E-state index in [0.717, 1.165) is 5.56 Å². The van der Waals surface area contributed by atoms with Gasteiger partial charge in [0.2, 0.25) is 0 Å². The predicted octanol–water partition coefficient (Wildman–Crippen LogP) is 5.70. The minimum absolute atomic E-state index is 0.126. The molecule has 0 aliphatic heterocycles. The number of carboxylic acids is 1. The van der Waals surface area contributed by atoms with Crippen molar-refractivity contribution < 1.29 is 14.6 Å². The molecule has 3 nitrogen and oxygen atoms in total. The van der Waals surface area contributed by atoms with Gasteiger partial charge in [0.15, 0.2) is 0 Å². The van der Waals surface area contributed by atoms with Crippen LogP contribution in [0.4, 0.5) is 0 Å². The number of thiophene rings is 1. The molecule has 0 atom stereocenters. The van der Waals surface area contributed by atoms with Crippen molar-refractivity contribution in [2.24, 2.45) is 0 Å². The SMILES string of the molecule is CO/C=C(/C(=O)O)c1ccccc1C=C/C=C/c1csc2ccccc12. The van der Waals surface area contributed by atoms with Crippen LogP contribution < -0.4 is 0 Å². The van der Waals surface area contributed by atoms with E-state index >= 15 is 0 Å². The summed E-state index contributed by atoms with van der Waals surface area (Å²) in [5.41, 5.74) is 2.74. The van der Waals surface area contributed by atoms with Crippen LogP contribution in [0.2, 0.25) is 0 Å². The van der Waals surface area contributed by atoms with E-state index in [1.807, 2.05) is 48.6 Å². The summed E-state index contributed by atoms with van der Waals surface area (Å²) < 4.78 is 6.17. The highest BCUT2D eigenvalue weighted by atomic mass is 32.1. The molecular formula is C22H18O3S. The van der Waals surface area contributed by atoms with Gasteiger partial charge in [0.05, 0.1) is 13.4 Å². The number of hydrogen-bond acceptors (Lipinski definition) is 3. The van der Waals surface area contributed by atoms with Crippen molar-refractivity contribution in [1.82, 2.24) is 0 Å². The van der Waals surface area contributed by atoms with Gasteiger partial charge in [0, 0.05) is 4.70 Å². The molecule has 1 heterocycles. The topological polar surface area (TPSA) is 46.5 Å². The normalized spacial score (nSPS) is 12.3. The van der Waals surface area contributed by atoms with Crippen molar-refractivity contribution in [2.45, 2.75) is 0 Å². The molecule has 4 heteroatoms. The molecule has 0 aliphatic rings. The number of methoxy groups -OCH3 is 1. The van der Waals surface area contributed by atoms with Crippen molar-refractivity contribution in [3.05, 3.63) is 89.0 Å². The summed E-state index contributed by atoms with van der Waals surface area (Å²) in [6.45, 7) is 0. The minimum Gasteiger partial charge on any atom is -0.503 e. The van der Waals surface area contributed by atoms with Crippen LogP contribution in [0.1, 0.15) is 16.7 Å². The second kappa shape index (κ2) is 8.32. The van der Waals surface area contributed by atoms with Crippen LogP contribution in [0.25, 0.3) is 27.8 Å². The van der Waals surface area contributed by atoms with E-state index in [9.17, 15) is 9.90 Å². The fraction of sp³-hybridized carbons (Fsp3) is 0.0455. The number of carbonyl (C=O) groups is 1. The number of benzene rings is 2. The number of allylic oxidation sites excluding steroid dienone is 2. The molecule has 3 rings (SSSR count). The van der Waals surface area contributed by atoms with Gasteiger partial charge in [-0.05, 0) is 33.5 Å². The van der Waals surface area contributed by atoms with Crippen LogP contribution in [0.15, 0.2) is 72.3 Å². The molecule has 0 aliphatic carbocycles. The fourth-order valence-electron chi connectivity index (χ4n) is 2.68. The largest absolute Gasteiger partial charge is 0.503 e. The molecular weight excluding hydrogens is 344 g/mol. The van der Waals surface area contributed by atoms with Gasteiger partial charge < -0.3 is 9.84 Å². The Balaban J connectivity index is 1.85. The van der Waals surface area contributed by atoms with Crippen molar-refractivity contribution in [2.75, 3.05) is 7.11 Å². The first kappa shape index (κ1) is 17.7. The monoisotopic (exact) mass is 362 g/mol. The minimum atomic E-state index is -1.02. The Kier molecular flexibility index (Phi) is 5.66. The molecule has 130 valence electrons. The van der Waals surface area contributed by atoms with Crippen molar-refractivity contribution >= 4 is 45.1 Å². The van der Waals surface area contributed by atoms with Gasteiger partial charge in [-0.3, -0.25) is 0 Å². The lowest BCUT2D eigenvalue weighted by Crippen LogP contribution is -2.02. The van der Waals surface area contributed by atoms with E-state index in [1.54, 1.807) is 17.4 Å². The third-order valence-electron chi connectivity index (χ3n) is 3.89. The van der Waals surface area contributed by atoms with Crippen LogP contribution in [0, 0.1) is 0 Å². The Morgan fingerprint density at radius 1 is 1.00 bits per heavy atom. The van der Waals surface area contributed by atoms with E-state index in [1.165, 1.54) is 29.0 Å². The zero-order chi connectivity index (χ0) is 18.4. The summed E-state index contributed by atoms with van der Waals surface area (Å²) in [6.07, 6.45) is 9.08. The van der Waals surface area contributed by atoms with Gasteiger partial charge >= 0.3 is 5.97 Å². The average Bonchev–Trinajstić information content (AvgIpc) is 3.07. The molecule has 1 aromatic heterocycles. The van der Waals surface area contributed by atoms with Crippen LogP contribution in [-0.2, 0) is 9.53 Å². The van der Waals surface area contributed by atoms with Crippen LogP contribution >= 0.6 is 11.3 Å². The number of ether oxygens (including phenoxy) is 1. The number of rotatable bonds is 6. The standard InChI is InChI=1S/C22H18O3S/c1-25-14-20(22(23)24)18-11-5-4-9-16(18)8-2-3-10-17-15-26-21-13-7-6-12-19(17)21/h2-15H,1H3,(H,23,24)/b8-2?,10-3+,20-14+. The summed E-state index contributed by atoms with van der Waals surface area (Å²) in [5.74, 6) is -1.02. The van der Waals surface area contributed by atoms with Crippen LogP contribution in [-0.4, -0.2) is 18.2 Å². The van der Waals surface area contributed by atoms with Crippen LogP contribution in [0.3, 0.4) is 0 Å². The molecule has 1 N–H and O–H groups in total. The highest BCUT2D eigenvalue weighted by Gasteiger charge is 2.13. The molecule has 0 spiro atoms. The van der Waals surface area contributed by atoms with E-state index < -0.39 is 5.97 Å². The first-order valence-electron chi connectivity index (χ1n) is 8.07. The summed E-state index contributed by atoms with van der Waals surface area (Å²) >= 11 is 1.72. The van der Waals surface area contributed by atoms with Gasteiger partial charge in [-0.2, -0.15) is 0 Å². The second-order valence-corrected chi connectivity index (χ2v) is 6.48. The van der Waals surface area contributed by atoms with Gasteiger partial charge in [-0.1, -0.05) is 66.8 Å². The number of hydrogen-bond donors (Lipinski definition) is 1. The molecule has 0 radical (unpaired) electrons. The van der Waals surface area contributed by atoms with E-state index in [2.05, 4.69) is 23.6 Å². The molecule has 2 aromatic carbocycles. The predicted molar refractivity (Wildman–Crippen MR) is 109 cm³/mol. The number of fused-ring (bicyclic) bond motifs is 1. The summed E-state index contributed by atoms with van der Waals surface area (Å²) in [6, 6.07) is 15.6. The Hall–Kier alpha value is -3.11. The molecule has 0 unspecified atom stereocenters. The van der Waals surface area contributed by atoms with Crippen molar-refractivity contribution in [3.8, 4) is 0 Å². The average molecular weight is 362 g/mol. The highest BCUT2D eigenvalue weighted by Crippen LogP contribution is 2.26. The van der Waals surface area contributed by atoms with E-state index in [0.29, 0.717) is 5.56 Å². The zero-order valence-electron chi connectivity index (χ0n) is 14.3. The smallest absolute Gasteiger partial charge is 0.339 e. The van der Waals surface area contributed by atoms with Gasteiger partial charge in [0.25, 0.3) is 0 Å². The molecule has 0 saturated heterocycles. The maximum absolute atomic E-state index is 11.5.